The molecule has 0 heterocycles. The molecule has 1 aliphatic carbocycles. The summed E-state index contributed by atoms with van der Waals surface area (Å²) in [5.41, 5.74) is 3.76. The lowest BCUT2D eigenvalue weighted by Crippen LogP contribution is -2.15. The SMILES string of the molecule is CCc1cccc(Oc2cc(CNC3CC3)ccc2C)c1. The molecule has 2 nitrogen and oxygen atoms in total. The van der Waals surface area contributed by atoms with E-state index in [1.54, 1.807) is 0 Å². The zero-order valence-corrected chi connectivity index (χ0v) is 12.9. The summed E-state index contributed by atoms with van der Waals surface area (Å²) in [6, 6.07) is 15.5. The molecule has 1 N–H and O–H groups in total. The molecule has 0 aromatic heterocycles. The highest BCUT2D eigenvalue weighted by Gasteiger charge is 2.20. The number of hydrogen-bond donors (Lipinski definition) is 1. The smallest absolute Gasteiger partial charge is 0.130 e. The number of nitrogens with one attached hydrogen (secondary N) is 1. The van der Waals surface area contributed by atoms with Crippen LogP contribution in [0, 0.1) is 6.92 Å². The standard InChI is InChI=1S/C19H23NO/c1-3-15-5-4-6-18(11-15)21-19-12-16(8-7-14(19)2)13-20-17-9-10-17/h4-8,11-12,17,20H,3,9-10,13H2,1-2H3. The molecule has 21 heavy (non-hydrogen) atoms. The van der Waals surface area contributed by atoms with Gasteiger partial charge in [-0.2, -0.15) is 0 Å². The van der Waals surface area contributed by atoms with Crippen LogP contribution in [0.15, 0.2) is 42.5 Å². The van der Waals surface area contributed by atoms with Crippen LogP contribution in [0.4, 0.5) is 0 Å². The fraction of sp³-hybridized carbons (Fsp3) is 0.368. The van der Waals surface area contributed by atoms with Gasteiger partial charge in [0.25, 0.3) is 0 Å². The molecule has 0 radical (unpaired) electrons. The van der Waals surface area contributed by atoms with Gasteiger partial charge in [0, 0.05) is 12.6 Å². The number of rotatable bonds is 6. The summed E-state index contributed by atoms with van der Waals surface area (Å²) in [4.78, 5) is 0. The predicted octanol–water partition coefficient (Wildman–Crippen LogP) is 4.60. The van der Waals surface area contributed by atoms with Crippen molar-refractivity contribution >= 4 is 0 Å². The number of hydrogen-bond acceptors (Lipinski definition) is 2. The Morgan fingerprint density at radius 2 is 1.95 bits per heavy atom. The van der Waals surface area contributed by atoms with Crippen LogP contribution in [0.5, 0.6) is 11.5 Å². The second kappa shape index (κ2) is 6.31. The first-order chi connectivity index (χ1) is 10.2. The third-order valence-corrected chi connectivity index (χ3v) is 3.96. The number of aryl methyl sites for hydroxylation is 2. The van der Waals surface area contributed by atoms with E-state index in [1.807, 2.05) is 6.07 Å². The molecule has 2 aromatic rings. The van der Waals surface area contributed by atoms with Gasteiger partial charge in [0.05, 0.1) is 0 Å². The van der Waals surface area contributed by atoms with E-state index >= 15 is 0 Å². The third-order valence-electron chi connectivity index (χ3n) is 3.96. The summed E-state index contributed by atoms with van der Waals surface area (Å²) in [5, 5.41) is 3.55. The Morgan fingerprint density at radius 3 is 2.71 bits per heavy atom. The maximum atomic E-state index is 6.09. The van der Waals surface area contributed by atoms with Crippen LogP contribution in [0.3, 0.4) is 0 Å². The summed E-state index contributed by atoms with van der Waals surface area (Å²) in [6.07, 6.45) is 3.67. The van der Waals surface area contributed by atoms with Crippen molar-refractivity contribution in [2.75, 3.05) is 0 Å². The minimum absolute atomic E-state index is 0.733. The molecule has 1 aliphatic rings. The molecule has 2 heteroatoms. The summed E-state index contributed by atoms with van der Waals surface area (Å²) >= 11 is 0. The predicted molar refractivity (Wildman–Crippen MR) is 86.9 cm³/mol. The molecule has 2 aromatic carbocycles. The van der Waals surface area contributed by atoms with E-state index < -0.39 is 0 Å². The van der Waals surface area contributed by atoms with Crippen LogP contribution in [0.1, 0.15) is 36.5 Å². The summed E-state index contributed by atoms with van der Waals surface area (Å²) in [5.74, 6) is 1.88. The molecular formula is C19H23NO. The van der Waals surface area contributed by atoms with E-state index in [4.69, 9.17) is 4.74 Å². The first-order valence-corrected chi connectivity index (χ1v) is 7.84. The molecule has 0 unspecified atom stereocenters. The normalized spacial score (nSPS) is 14.2. The zero-order chi connectivity index (χ0) is 14.7. The molecule has 0 spiro atoms. The van der Waals surface area contributed by atoms with E-state index in [1.165, 1.54) is 29.5 Å². The zero-order valence-electron chi connectivity index (χ0n) is 12.9. The Bertz CT molecular complexity index is 617. The van der Waals surface area contributed by atoms with Crippen LogP contribution < -0.4 is 10.1 Å². The van der Waals surface area contributed by atoms with Gasteiger partial charge in [0.2, 0.25) is 0 Å². The van der Waals surface area contributed by atoms with Gasteiger partial charge in [-0.3, -0.25) is 0 Å². The maximum absolute atomic E-state index is 6.09. The van der Waals surface area contributed by atoms with Gasteiger partial charge in [0.1, 0.15) is 11.5 Å². The van der Waals surface area contributed by atoms with Crippen molar-refractivity contribution in [3.63, 3.8) is 0 Å². The van der Waals surface area contributed by atoms with Crippen LogP contribution in [0.2, 0.25) is 0 Å². The topological polar surface area (TPSA) is 21.3 Å². The molecule has 0 aliphatic heterocycles. The highest BCUT2D eigenvalue weighted by atomic mass is 16.5. The summed E-state index contributed by atoms with van der Waals surface area (Å²) in [7, 11) is 0. The molecule has 0 atom stereocenters. The third kappa shape index (κ3) is 3.85. The fourth-order valence-electron chi connectivity index (χ4n) is 2.37. The van der Waals surface area contributed by atoms with Gasteiger partial charge in [-0.05, 0) is 61.1 Å². The average molecular weight is 281 g/mol. The van der Waals surface area contributed by atoms with Gasteiger partial charge in [-0.1, -0.05) is 31.2 Å². The molecule has 1 saturated carbocycles. The maximum Gasteiger partial charge on any atom is 0.130 e. The van der Waals surface area contributed by atoms with Crippen molar-refractivity contribution in [3.8, 4) is 11.5 Å². The Kier molecular flexibility index (Phi) is 4.26. The van der Waals surface area contributed by atoms with Crippen molar-refractivity contribution in [3.05, 3.63) is 59.2 Å². The molecule has 0 amide bonds. The minimum Gasteiger partial charge on any atom is -0.457 e. The lowest BCUT2D eigenvalue weighted by Gasteiger charge is -2.12. The number of benzene rings is 2. The van der Waals surface area contributed by atoms with E-state index in [0.717, 1.165) is 30.5 Å². The highest BCUT2D eigenvalue weighted by Crippen LogP contribution is 2.27. The second-order valence-electron chi connectivity index (χ2n) is 5.86. The van der Waals surface area contributed by atoms with Crippen molar-refractivity contribution < 1.29 is 4.74 Å². The summed E-state index contributed by atoms with van der Waals surface area (Å²) < 4.78 is 6.09. The quantitative estimate of drug-likeness (QED) is 0.835. The first kappa shape index (κ1) is 14.2. The molecule has 3 rings (SSSR count). The van der Waals surface area contributed by atoms with Gasteiger partial charge >= 0.3 is 0 Å². The van der Waals surface area contributed by atoms with Crippen LogP contribution >= 0.6 is 0 Å². The number of ether oxygens (including phenoxy) is 1. The first-order valence-electron chi connectivity index (χ1n) is 7.84. The van der Waals surface area contributed by atoms with Crippen molar-refractivity contribution in [2.24, 2.45) is 0 Å². The Hall–Kier alpha value is -1.80. The molecule has 110 valence electrons. The Labute approximate surface area is 127 Å². The van der Waals surface area contributed by atoms with Gasteiger partial charge < -0.3 is 10.1 Å². The lowest BCUT2D eigenvalue weighted by molar-refractivity contribution is 0.477. The van der Waals surface area contributed by atoms with Crippen LogP contribution in [-0.4, -0.2) is 6.04 Å². The van der Waals surface area contributed by atoms with Gasteiger partial charge in [-0.25, -0.2) is 0 Å². The Morgan fingerprint density at radius 1 is 1.10 bits per heavy atom. The van der Waals surface area contributed by atoms with E-state index in [2.05, 4.69) is 55.6 Å². The average Bonchev–Trinajstić information content (AvgIpc) is 3.32. The second-order valence-corrected chi connectivity index (χ2v) is 5.86. The lowest BCUT2D eigenvalue weighted by atomic mass is 10.1. The van der Waals surface area contributed by atoms with Gasteiger partial charge in [-0.15, -0.1) is 0 Å². The fourth-order valence-corrected chi connectivity index (χ4v) is 2.37. The molecule has 0 saturated heterocycles. The van der Waals surface area contributed by atoms with Crippen molar-refractivity contribution in [1.29, 1.82) is 0 Å². The molecule has 1 fully saturated rings. The summed E-state index contributed by atoms with van der Waals surface area (Å²) in [6.45, 7) is 5.18. The van der Waals surface area contributed by atoms with E-state index in [-0.39, 0.29) is 0 Å². The molecule has 0 bridgehead atoms. The molecular weight excluding hydrogens is 258 g/mol. The Balaban J connectivity index is 1.74. The van der Waals surface area contributed by atoms with Gasteiger partial charge in [0.15, 0.2) is 0 Å². The highest BCUT2D eigenvalue weighted by molar-refractivity contribution is 5.41. The van der Waals surface area contributed by atoms with Crippen molar-refractivity contribution in [2.45, 2.75) is 45.7 Å². The van der Waals surface area contributed by atoms with Crippen molar-refractivity contribution in [1.82, 2.24) is 5.32 Å². The minimum atomic E-state index is 0.733. The van der Waals surface area contributed by atoms with Crippen LogP contribution in [-0.2, 0) is 13.0 Å². The van der Waals surface area contributed by atoms with E-state index in [0.29, 0.717) is 0 Å². The largest absolute Gasteiger partial charge is 0.457 e. The van der Waals surface area contributed by atoms with E-state index in [9.17, 15) is 0 Å². The van der Waals surface area contributed by atoms with Crippen LogP contribution in [0.25, 0.3) is 0 Å². The monoisotopic (exact) mass is 281 g/mol.